The Labute approximate surface area is 177 Å². The van der Waals surface area contributed by atoms with Gasteiger partial charge < -0.3 is 18.9 Å². The van der Waals surface area contributed by atoms with Crippen molar-refractivity contribution in [1.29, 1.82) is 0 Å². The Morgan fingerprint density at radius 3 is 2.77 bits per heavy atom. The fourth-order valence-electron chi connectivity index (χ4n) is 3.47. The Morgan fingerprint density at radius 1 is 1.23 bits per heavy atom. The molecule has 0 aliphatic rings. The van der Waals surface area contributed by atoms with Crippen LogP contribution >= 0.6 is 11.3 Å². The predicted octanol–water partition coefficient (Wildman–Crippen LogP) is 4.45. The van der Waals surface area contributed by atoms with Gasteiger partial charge in [-0.2, -0.15) is 0 Å². The van der Waals surface area contributed by atoms with Crippen molar-refractivity contribution in [3.05, 3.63) is 63.7 Å². The molecule has 3 aromatic heterocycles. The minimum atomic E-state index is -0.165. The third-order valence-electron chi connectivity index (χ3n) is 5.21. The Balaban J connectivity index is 1.64. The largest absolute Gasteiger partial charge is 0.493 e. The molecule has 1 N–H and O–H groups in total. The van der Waals surface area contributed by atoms with Gasteiger partial charge in [0.15, 0.2) is 11.5 Å². The summed E-state index contributed by atoms with van der Waals surface area (Å²) in [6, 6.07) is 9.33. The van der Waals surface area contributed by atoms with E-state index < -0.39 is 0 Å². The lowest BCUT2D eigenvalue weighted by Crippen LogP contribution is -2.26. The number of ether oxygens (including phenoxy) is 2. The molecule has 7 nitrogen and oxygen atoms in total. The average molecular weight is 426 g/mol. The van der Waals surface area contributed by atoms with Gasteiger partial charge in [0.2, 0.25) is 0 Å². The van der Waals surface area contributed by atoms with Gasteiger partial charge in [0.1, 0.15) is 16.4 Å². The van der Waals surface area contributed by atoms with Gasteiger partial charge in [-0.3, -0.25) is 9.69 Å². The van der Waals surface area contributed by atoms with E-state index in [9.17, 15) is 4.79 Å². The van der Waals surface area contributed by atoms with Gasteiger partial charge in [-0.1, -0.05) is 12.1 Å². The summed E-state index contributed by atoms with van der Waals surface area (Å²) in [5, 5.41) is 2.47. The molecule has 1 unspecified atom stereocenters. The van der Waals surface area contributed by atoms with Gasteiger partial charge in [0, 0.05) is 23.1 Å². The summed E-state index contributed by atoms with van der Waals surface area (Å²) in [7, 11) is 5.23. The summed E-state index contributed by atoms with van der Waals surface area (Å²) in [5.41, 5.74) is 1.59. The number of nitrogens with zero attached hydrogens (tertiary/aromatic N) is 2. The van der Waals surface area contributed by atoms with E-state index in [1.807, 2.05) is 43.6 Å². The fraction of sp³-hybridized carbons (Fsp3) is 0.273. The van der Waals surface area contributed by atoms with Gasteiger partial charge in [-0.25, -0.2) is 4.98 Å². The number of hydrogen-bond acceptors (Lipinski definition) is 7. The van der Waals surface area contributed by atoms with E-state index in [4.69, 9.17) is 18.9 Å². The van der Waals surface area contributed by atoms with Crippen LogP contribution in [0.1, 0.15) is 24.4 Å². The highest BCUT2D eigenvalue weighted by atomic mass is 32.1. The highest BCUT2D eigenvalue weighted by molar-refractivity contribution is 7.17. The second-order valence-corrected chi connectivity index (χ2v) is 7.86. The summed E-state index contributed by atoms with van der Waals surface area (Å²) >= 11 is 1.44. The standard InChI is InChI=1S/C22H23N3O4S/c1-13(25(2)11-14-7-5-8-17(27-3)19(14)28-4)20-23-21(26)18-15(12-30-22(18)24-20)16-9-6-10-29-16/h5-10,12-13H,11H2,1-4H3,(H,23,24,26). The van der Waals surface area contributed by atoms with Crippen LogP contribution in [0.3, 0.4) is 0 Å². The summed E-state index contributed by atoms with van der Waals surface area (Å²) in [6.07, 6.45) is 1.60. The molecule has 30 heavy (non-hydrogen) atoms. The van der Waals surface area contributed by atoms with Crippen molar-refractivity contribution in [3.63, 3.8) is 0 Å². The number of rotatable bonds is 7. The van der Waals surface area contributed by atoms with Crippen LogP contribution < -0.4 is 15.0 Å². The smallest absolute Gasteiger partial charge is 0.260 e. The lowest BCUT2D eigenvalue weighted by atomic mass is 10.1. The molecule has 0 aliphatic heterocycles. The van der Waals surface area contributed by atoms with Crippen LogP contribution in [0.4, 0.5) is 0 Å². The molecule has 8 heteroatoms. The normalized spacial score (nSPS) is 12.4. The maximum absolute atomic E-state index is 12.9. The first-order valence-electron chi connectivity index (χ1n) is 9.48. The van der Waals surface area contributed by atoms with E-state index in [1.54, 1.807) is 26.5 Å². The number of aromatic nitrogens is 2. The predicted molar refractivity (Wildman–Crippen MR) is 117 cm³/mol. The molecule has 156 valence electrons. The van der Waals surface area contributed by atoms with Gasteiger partial charge in [-0.05, 0) is 32.2 Å². The first kappa shape index (κ1) is 20.2. The van der Waals surface area contributed by atoms with Crippen LogP contribution in [0.15, 0.2) is 51.2 Å². The van der Waals surface area contributed by atoms with E-state index in [0.717, 1.165) is 11.1 Å². The third-order valence-corrected chi connectivity index (χ3v) is 6.08. The molecule has 0 bridgehead atoms. The lowest BCUT2D eigenvalue weighted by molar-refractivity contribution is 0.239. The number of aromatic amines is 1. The minimum absolute atomic E-state index is 0.118. The Hall–Kier alpha value is -3.10. The molecule has 0 aliphatic carbocycles. The minimum Gasteiger partial charge on any atom is -0.493 e. The zero-order valence-corrected chi connectivity index (χ0v) is 18.1. The quantitative estimate of drug-likeness (QED) is 0.471. The van der Waals surface area contributed by atoms with Crippen molar-refractivity contribution in [3.8, 4) is 22.8 Å². The number of fused-ring (bicyclic) bond motifs is 1. The van der Waals surface area contributed by atoms with E-state index in [2.05, 4.69) is 9.88 Å². The topological polar surface area (TPSA) is 80.6 Å². The highest BCUT2D eigenvalue weighted by Gasteiger charge is 2.21. The van der Waals surface area contributed by atoms with Crippen molar-refractivity contribution >= 4 is 21.6 Å². The molecule has 0 radical (unpaired) electrons. The van der Waals surface area contributed by atoms with Crippen molar-refractivity contribution in [2.75, 3.05) is 21.3 Å². The molecule has 0 amide bonds. The maximum Gasteiger partial charge on any atom is 0.260 e. The molecule has 1 aromatic carbocycles. The van der Waals surface area contributed by atoms with Crippen molar-refractivity contribution in [2.45, 2.75) is 19.5 Å². The number of methoxy groups -OCH3 is 2. The van der Waals surface area contributed by atoms with Gasteiger partial charge in [0.25, 0.3) is 5.56 Å². The van der Waals surface area contributed by atoms with E-state index in [-0.39, 0.29) is 11.6 Å². The molecule has 0 saturated carbocycles. The van der Waals surface area contributed by atoms with E-state index in [1.165, 1.54) is 11.3 Å². The maximum atomic E-state index is 12.9. The van der Waals surface area contributed by atoms with Crippen LogP contribution in [0.2, 0.25) is 0 Å². The number of H-pyrrole nitrogens is 1. The van der Waals surface area contributed by atoms with Crippen molar-refractivity contribution < 1.29 is 13.9 Å². The van der Waals surface area contributed by atoms with Crippen LogP contribution in [0, 0.1) is 0 Å². The van der Waals surface area contributed by atoms with Gasteiger partial charge in [-0.15, -0.1) is 11.3 Å². The summed E-state index contributed by atoms with van der Waals surface area (Å²) in [5.74, 6) is 2.67. The Kier molecular flexibility index (Phi) is 5.61. The number of para-hydroxylation sites is 1. The molecular formula is C22H23N3O4S. The Morgan fingerprint density at radius 2 is 2.07 bits per heavy atom. The molecule has 4 rings (SSSR count). The zero-order chi connectivity index (χ0) is 21.3. The number of hydrogen-bond donors (Lipinski definition) is 1. The average Bonchev–Trinajstić information content (AvgIpc) is 3.42. The van der Waals surface area contributed by atoms with Crippen LogP contribution in [-0.4, -0.2) is 36.1 Å². The van der Waals surface area contributed by atoms with Gasteiger partial charge in [0.05, 0.1) is 31.9 Å². The number of furan rings is 1. The van der Waals surface area contributed by atoms with Crippen LogP contribution in [-0.2, 0) is 6.54 Å². The second-order valence-electron chi connectivity index (χ2n) is 7.00. The molecule has 0 fully saturated rings. The lowest BCUT2D eigenvalue weighted by Gasteiger charge is -2.25. The molecule has 1 atom stereocenters. The zero-order valence-electron chi connectivity index (χ0n) is 17.3. The molecule has 0 spiro atoms. The third kappa shape index (κ3) is 3.59. The first-order valence-corrected chi connectivity index (χ1v) is 10.4. The summed E-state index contributed by atoms with van der Waals surface area (Å²) in [4.78, 5) is 23.3. The first-order chi connectivity index (χ1) is 14.5. The van der Waals surface area contributed by atoms with Crippen LogP contribution in [0.25, 0.3) is 21.5 Å². The van der Waals surface area contributed by atoms with E-state index >= 15 is 0 Å². The fourth-order valence-corrected chi connectivity index (χ4v) is 4.40. The summed E-state index contributed by atoms with van der Waals surface area (Å²) < 4.78 is 16.4. The number of nitrogens with one attached hydrogen (secondary N) is 1. The van der Waals surface area contributed by atoms with E-state index in [0.29, 0.717) is 39.8 Å². The molecule has 0 saturated heterocycles. The molecule has 3 heterocycles. The van der Waals surface area contributed by atoms with Crippen LogP contribution in [0.5, 0.6) is 11.5 Å². The van der Waals surface area contributed by atoms with Crippen molar-refractivity contribution in [2.24, 2.45) is 0 Å². The molecular weight excluding hydrogens is 402 g/mol. The van der Waals surface area contributed by atoms with Gasteiger partial charge >= 0.3 is 0 Å². The molecule has 4 aromatic rings. The monoisotopic (exact) mass is 425 g/mol. The number of thiophene rings is 1. The second kappa shape index (κ2) is 8.33. The summed E-state index contributed by atoms with van der Waals surface area (Å²) in [6.45, 7) is 2.61. The number of benzene rings is 1. The Bertz CT molecular complexity index is 1210. The van der Waals surface area contributed by atoms with Crippen molar-refractivity contribution in [1.82, 2.24) is 14.9 Å². The SMILES string of the molecule is COc1cccc(CN(C)C(C)c2nc3scc(-c4ccco4)c3c(=O)[nH]2)c1OC. The highest BCUT2D eigenvalue weighted by Crippen LogP contribution is 2.34.